The first-order valence-electron chi connectivity index (χ1n) is 17.2. The number of hydrogen-bond acceptors (Lipinski definition) is 13. The predicted molar refractivity (Wildman–Crippen MR) is 230 cm³/mol. The van der Waals surface area contributed by atoms with E-state index in [0.717, 1.165) is 87.2 Å². The van der Waals surface area contributed by atoms with E-state index in [0.29, 0.717) is 17.6 Å². The summed E-state index contributed by atoms with van der Waals surface area (Å²) in [5, 5.41) is 22.2. The number of nitrogens with zero attached hydrogens (tertiary/aromatic N) is 5. The zero-order chi connectivity index (χ0) is 40.4. The lowest BCUT2D eigenvalue weighted by Crippen LogP contribution is -2.46. The van der Waals surface area contributed by atoms with Crippen LogP contribution in [0.15, 0.2) is 70.8 Å². The van der Waals surface area contributed by atoms with Crippen LogP contribution in [0.5, 0.6) is 11.5 Å². The minimum atomic E-state index is -0.128. The summed E-state index contributed by atoms with van der Waals surface area (Å²) < 4.78 is 0. The van der Waals surface area contributed by atoms with Gasteiger partial charge in [-0.25, -0.2) is 9.97 Å². The molecule has 0 radical (unpaired) electrons. The van der Waals surface area contributed by atoms with Crippen LogP contribution in [0.1, 0.15) is 57.2 Å². The van der Waals surface area contributed by atoms with Crippen molar-refractivity contribution in [2.24, 2.45) is 0 Å². The summed E-state index contributed by atoms with van der Waals surface area (Å²) in [6.07, 6.45) is 3.52. The SMILES string of the molecule is C.C.CC#CC#CC#CC.Cc1ccc(O)c(C=O)c1.Cc1ccc(O)c(CN2CCN(c3cc(=O)[nH]cn3)CC2)c1.O=O.O=c1cc(N2CCNCC2)nc[nH]1.[HH]. The summed E-state index contributed by atoms with van der Waals surface area (Å²) >= 11 is 0. The van der Waals surface area contributed by atoms with Crippen LogP contribution < -0.4 is 26.2 Å². The molecule has 0 spiro atoms. The number of aromatic nitrogens is 4. The predicted octanol–water partition coefficient (Wildman–Crippen LogP) is 4.42. The number of aldehydes is 1. The van der Waals surface area contributed by atoms with Crippen LogP contribution in [-0.2, 0) is 6.54 Å². The minimum absolute atomic E-state index is 0. The summed E-state index contributed by atoms with van der Waals surface area (Å²) in [5.74, 6) is 17.4. The number of carbonyl (C=O) groups excluding carboxylic acids is 1. The maximum Gasteiger partial charge on any atom is 0.252 e. The maximum absolute atomic E-state index is 11.3. The lowest BCUT2D eigenvalue weighted by molar-refractivity contribution is 0.112. The quantitative estimate of drug-likeness (QED) is 0.141. The van der Waals surface area contributed by atoms with E-state index in [1.165, 1.54) is 30.9 Å². The molecule has 2 aromatic heterocycles. The van der Waals surface area contributed by atoms with Gasteiger partial charge in [0.15, 0.2) is 6.29 Å². The first-order chi connectivity index (χ1) is 26.6. The van der Waals surface area contributed by atoms with Crippen molar-refractivity contribution in [1.82, 2.24) is 30.2 Å². The molecule has 2 aliphatic rings. The number of hydrogen-bond donors (Lipinski definition) is 5. The fourth-order valence-corrected chi connectivity index (χ4v) is 5.13. The van der Waals surface area contributed by atoms with E-state index in [1.54, 1.807) is 32.0 Å². The van der Waals surface area contributed by atoms with E-state index in [-0.39, 0.29) is 33.1 Å². The lowest BCUT2D eigenvalue weighted by atomic mass is 10.1. The number of anilines is 2. The Bertz CT molecular complexity index is 2090. The van der Waals surface area contributed by atoms with Crippen LogP contribution in [-0.4, -0.2) is 93.7 Å². The lowest BCUT2D eigenvalue weighted by Gasteiger charge is -2.35. The third-order valence-corrected chi connectivity index (χ3v) is 7.84. The monoisotopic (exact) mass is 784 g/mol. The van der Waals surface area contributed by atoms with E-state index < -0.39 is 0 Å². The third kappa shape index (κ3) is 18.9. The van der Waals surface area contributed by atoms with Crippen LogP contribution in [0.2, 0.25) is 0 Å². The van der Waals surface area contributed by atoms with E-state index in [1.807, 2.05) is 26.0 Å². The Hall–Kier alpha value is -6.73. The molecule has 15 heteroatoms. The second-order valence-corrected chi connectivity index (χ2v) is 11.9. The maximum atomic E-state index is 11.3. The average molecular weight is 785 g/mol. The number of benzene rings is 2. The molecule has 6 rings (SSSR count). The zero-order valence-corrected chi connectivity index (χ0v) is 31.4. The normalized spacial score (nSPS) is 12.4. The van der Waals surface area contributed by atoms with Crippen LogP contribution in [0.25, 0.3) is 0 Å². The van der Waals surface area contributed by atoms with Crippen molar-refractivity contribution in [1.29, 1.82) is 0 Å². The first kappa shape index (κ1) is 50.3. The van der Waals surface area contributed by atoms with Crippen LogP contribution in [0.4, 0.5) is 11.6 Å². The fourth-order valence-electron chi connectivity index (χ4n) is 5.13. The Kier molecular flexibility index (Phi) is 25.3. The molecule has 0 atom stereocenters. The molecule has 2 aliphatic heterocycles. The van der Waals surface area contributed by atoms with E-state index >= 15 is 0 Å². The number of H-pyrrole nitrogens is 2. The van der Waals surface area contributed by atoms with Gasteiger partial charge < -0.3 is 35.3 Å². The Balaban J connectivity index is 0. The second-order valence-electron chi connectivity index (χ2n) is 11.9. The van der Waals surface area contributed by atoms with E-state index in [2.05, 4.69) is 75.5 Å². The van der Waals surface area contributed by atoms with Gasteiger partial charge in [-0.05, 0) is 69.6 Å². The molecule has 2 saturated heterocycles. The van der Waals surface area contributed by atoms with Crippen LogP contribution >= 0.6 is 0 Å². The molecule has 0 amide bonds. The zero-order valence-electron chi connectivity index (χ0n) is 31.4. The summed E-state index contributed by atoms with van der Waals surface area (Å²) in [4.78, 5) is 66.4. The van der Waals surface area contributed by atoms with Crippen molar-refractivity contribution >= 4 is 17.9 Å². The molecule has 306 valence electrons. The molecule has 2 fully saturated rings. The number of aryl methyl sites for hydroxylation is 2. The number of rotatable bonds is 5. The molecule has 4 heterocycles. The molecule has 57 heavy (non-hydrogen) atoms. The van der Waals surface area contributed by atoms with Gasteiger partial charge in [0.25, 0.3) is 11.1 Å². The Morgan fingerprint density at radius 2 is 1.18 bits per heavy atom. The molecule has 0 aliphatic carbocycles. The third-order valence-electron chi connectivity index (χ3n) is 7.84. The van der Waals surface area contributed by atoms with Crippen molar-refractivity contribution < 1.29 is 16.4 Å². The second kappa shape index (κ2) is 28.7. The molecule has 0 unspecified atom stereocenters. The van der Waals surface area contributed by atoms with Gasteiger partial charge in [0, 0.05) is 88.0 Å². The number of aromatic hydroxyl groups is 2. The largest absolute Gasteiger partial charge is 0.508 e. The average Bonchev–Trinajstić information content (AvgIpc) is 3.21. The summed E-state index contributed by atoms with van der Waals surface area (Å²) in [7, 11) is 0. The summed E-state index contributed by atoms with van der Waals surface area (Å²) in [6.45, 7) is 15.3. The summed E-state index contributed by atoms with van der Waals surface area (Å²) in [6, 6.07) is 13.7. The first-order valence-corrected chi connectivity index (χ1v) is 17.2. The van der Waals surface area contributed by atoms with Gasteiger partial charge in [0.2, 0.25) is 0 Å². The van der Waals surface area contributed by atoms with Gasteiger partial charge in [-0.2, -0.15) is 0 Å². The highest BCUT2D eigenvalue weighted by atomic mass is 16.7. The van der Waals surface area contributed by atoms with Gasteiger partial charge in [-0.3, -0.25) is 19.3 Å². The van der Waals surface area contributed by atoms with Gasteiger partial charge in [0.05, 0.1) is 18.2 Å². The van der Waals surface area contributed by atoms with Crippen molar-refractivity contribution in [3.63, 3.8) is 0 Å². The van der Waals surface area contributed by atoms with Crippen molar-refractivity contribution in [2.45, 2.75) is 49.1 Å². The number of phenolic OH excluding ortho intramolecular Hbond substituents is 2. The molecule has 0 bridgehead atoms. The van der Waals surface area contributed by atoms with Crippen molar-refractivity contribution in [3.05, 3.63) is 114 Å². The van der Waals surface area contributed by atoms with Crippen LogP contribution in [0.3, 0.4) is 0 Å². The standard InChI is InChI=1S/C16H20N4O2.C8H12N4O.C8H8O2.C8H6.2CH4.O2.H2/c1-12-2-3-14(21)13(8-12)10-19-4-6-20(7-5-19)15-9-16(22)18-11-17-15;13-8-5-7(10-6-11-8)12-3-1-9-2-4-12;1-6-2-3-8(10)7(4-6)5-9;1-3-5-7-8-6-4-2;;;1-2;/h2-3,8-9,11,21H,4-7,10H2,1H3,(H,17,18,22);5-6,9H,1-4H2,(H,10,11,13);2-5,10H,1H3;1-2H3;2*1H4;;1H. The fraction of sp³-hybridized carbons (Fsp3) is 0.357. The summed E-state index contributed by atoms with van der Waals surface area (Å²) in [5.41, 5.74) is 3.21. The van der Waals surface area contributed by atoms with Gasteiger partial charge >= 0.3 is 0 Å². The van der Waals surface area contributed by atoms with Crippen LogP contribution in [0, 0.1) is 59.3 Å². The molecular weight excluding hydrogens is 729 g/mol. The van der Waals surface area contributed by atoms with Gasteiger partial charge in [-0.15, -0.1) is 0 Å². The van der Waals surface area contributed by atoms with Crippen molar-refractivity contribution in [3.8, 4) is 47.0 Å². The minimum Gasteiger partial charge on any atom is -0.508 e. The molecule has 5 N–H and O–H groups in total. The van der Waals surface area contributed by atoms with Gasteiger partial charge in [-0.1, -0.05) is 56.0 Å². The Morgan fingerprint density at radius 1 is 0.702 bits per heavy atom. The highest BCUT2D eigenvalue weighted by Crippen LogP contribution is 2.21. The molecular formula is C42H56N8O7. The highest BCUT2D eigenvalue weighted by Gasteiger charge is 2.19. The topological polar surface area (TPSA) is 205 Å². The number of nitrogens with one attached hydrogen (secondary N) is 3. The number of piperazine rings is 2. The highest BCUT2D eigenvalue weighted by molar-refractivity contribution is 5.79. The molecule has 4 aromatic rings. The number of carbonyl (C=O) groups is 1. The van der Waals surface area contributed by atoms with Gasteiger partial charge in [0.1, 0.15) is 23.1 Å². The van der Waals surface area contributed by atoms with E-state index in [9.17, 15) is 19.5 Å². The Labute approximate surface area is 336 Å². The molecule has 0 saturated carbocycles. The Morgan fingerprint density at radius 3 is 1.63 bits per heavy atom. The smallest absolute Gasteiger partial charge is 0.252 e. The number of phenols is 2. The number of aromatic amines is 2. The van der Waals surface area contributed by atoms with E-state index in [4.69, 9.17) is 15.0 Å². The van der Waals surface area contributed by atoms with Crippen molar-refractivity contribution in [2.75, 3.05) is 62.2 Å². The molecule has 15 nitrogen and oxygen atoms in total. The molecule has 2 aromatic carbocycles.